The molecule has 0 aliphatic rings. The zero-order valence-electron chi connectivity index (χ0n) is 9.59. The monoisotopic (exact) mass is 365 g/mol. The Morgan fingerprint density at radius 2 is 2.12 bits per heavy atom. The van der Waals surface area contributed by atoms with Gasteiger partial charge in [-0.15, -0.1) is 0 Å². The third-order valence-electron chi connectivity index (χ3n) is 2.35. The molecule has 1 aromatic rings. The Kier molecular flexibility index (Phi) is 5.39. The predicted octanol–water partition coefficient (Wildman–Crippen LogP) is 3.04. The first-order valence-electron chi connectivity index (χ1n) is 5.24. The average molecular weight is 366 g/mol. The molecule has 0 saturated carbocycles. The van der Waals surface area contributed by atoms with Crippen molar-refractivity contribution in [1.82, 2.24) is 5.32 Å². The van der Waals surface area contributed by atoms with Crippen LogP contribution in [0.2, 0.25) is 5.02 Å². The number of Topliss-reactive ketones (excluding diaryl/α,β-unsaturated/α-hetero) is 1. The third-order valence-corrected chi connectivity index (χ3v) is 3.53. The number of ketones is 1. The molecule has 1 rings (SSSR count). The van der Waals surface area contributed by atoms with Gasteiger partial charge in [0.05, 0.1) is 11.6 Å². The Hall–Kier alpha value is -0.620. The molecular formula is C12H13ClINO2. The molecule has 0 saturated heterocycles. The van der Waals surface area contributed by atoms with Crippen molar-refractivity contribution in [2.24, 2.45) is 0 Å². The molecule has 5 heteroatoms. The Morgan fingerprint density at radius 3 is 2.71 bits per heavy atom. The number of carbonyl (C=O) groups excluding carboxylic acids is 2. The molecule has 1 N–H and O–H groups in total. The van der Waals surface area contributed by atoms with Crippen LogP contribution in [0.5, 0.6) is 0 Å². The summed E-state index contributed by atoms with van der Waals surface area (Å²) in [5.41, 5.74) is 0.494. The summed E-state index contributed by atoms with van der Waals surface area (Å²) in [5.74, 6) is -0.262. The van der Waals surface area contributed by atoms with E-state index >= 15 is 0 Å². The highest BCUT2D eigenvalue weighted by atomic mass is 127. The van der Waals surface area contributed by atoms with Crippen molar-refractivity contribution in [3.8, 4) is 0 Å². The first-order valence-corrected chi connectivity index (χ1v) is 6.70. The van der Waals surface area contributed by atoms with E-state index in [4.69, 9.17) is 11.6 Å². The van der Waals surface area contributed by atoms with Crippen LogP contribution in [-0.2, 0) is 4.79 Å². The summed E-state index contributed by atoms with van der Waals surface area (Å²) < 4.78 is 0.806. The van der Waals surface area contributed by atoms with E-state index in [-0.39, 0.29) is 11.7 Å². The largest absolute Gasteiger partial charge is 0.342 e. The van der Waals surface area contributed by atoms with E-state index in [1.807, 2.05) is 0 Å². The van der Waals surface area contributed by atoms with Gasteiger partial charge >= 0.3 is 0 Å². The van der Waals surface area contributed by atoms with Crippen LogP contribution < -0.4 is 5.32 Å². The van der Waals surface area contributed by atoms with Gasteiger partial charge in [0.15, 0.2) is 5.78 Å². The van der Waals surface area contributed by atoms with Crippen LogP contribution in [0.15, 0.2) is 18.2 Å². The van der Waals surface area contributed by atoms with Gasteiger partial charge in [0.25, 0.3) is 5.91 Å². The van der Waals surface area contributed by atoms with Gasteiger partial charge in [-0.2, -0.15) is 0 Å². The lowest BCUT2D eigenvalue weighted by Gasteiger charge is -2.12. The zero-order chi connectivity index (χ0) is 13.0. The quantitative estimate of drug-likeness (QED) is 0.834. The molecule has 0 aromatic heterocycles. The van der Waals surface area contributed by atoms with Crippen molar-refractivity contribution in [3.05, 3.63) is 32.4 Å². The summed E-state index contributed by atoms with van der Waals surface area (Å²) in [5, 5.41) is 3.17. The minimum absolute atomic E-state index is 0.00962. The molecule has 0 radical (unpaired) electrons. The van der Waals surface area contributed by atoms with Gasteiger partial charge in [-0.05, 0) is 47.7 Å². The van der Waals surface area contributed by atoms with Crippen LogP contribution in [0.1, 0.15) is 30.6 Å². The van der Waals surface area contributed by atoms with Gasteiger partial charge in [0.2, 0.25) is 0 Å². The summed E-state index contributed by atoms with van der Waals surface area (Å²) in [7, 11) is 0. The number of rotatable bonds is 4. The second kappa shape index (κ2) is 6.35. The number of hydrogen-bond acceptors (Lipinski definition) is 2. The highest BCUT2D eigenvalue weighted by molar-refractivity contribution is 14.1. The lowest BCUT2D eigenvalue weighted by atomic mass is 10.1. The summed E-state index contributed by atoms with van der Waals surface area (Å²) in [6.07, 6.45) is 0.411. The molecule has 0 fully saturated rings. The molecule has 1 aromatic carbocycles. The minimum Gasteiger partial charge on any atom is -0.342 e. The SMILES string of the molecule is CCC(=O)C(C)NC(=O)c1cc(Cl)ccc1I. The van der Waals surface area contributed by atoms with E-state index in [1.165, 1.54) is 0 Å². The van der Waals surface area contributed by atoms with Gasteiger partial charge in [-0.25, -0.2) is 0 Å². The third kappa shape index (κ3) is 3.96. The lowest BCUT2D eigenvalue weighted by Crippen LogP contribution is -2.38. The topological polar surface area (TPSA) is 46.2 Å². The number of carbonyl (C=O) groups is 2. The zero-order valence-corrected chi connectivity index (χ0v) is 12.5. The normalized spacial score (nSPS) is 12.0. The van der Waals surface area contributed by atoms with Gasteiger partial charge in [-0.3, -0.25) is 9.59 Å². The Balaban J connectivity index is 2.83. The fraction of sp³-hybridized carbons (Fsp3) is 0.333. The second-order valence-electron chi connectivity index (χ2n) is 3.64. The van der Waals surface area contributed by atoms with Crippen molar-refractivity contribution < 1.29 is 9.59 Å². The van der Waals surface area contributed by atoms with Crippen molar-refractivity contribution >= 4 is 45.9 Å². The number of benzene rings is 1. The molecule has 0 aliphatic carbocycles. The molecular weight excluding hydrogens is 352 g/mol. The highest BCUT2D eigenvalue weighted by Crippen LogP contribution is 2.18. The molecule has 17 heavy (non-hydrogen) atoms. The van der Waals surface area contributed by atoms with Crippen molar-refractivity contribution in [3.63, 3.8) is 0 Å². The molecule has 3 nitrogen and oxygen atoms in total. The van der Waals surface area contributed by atoms with E-state index in [1.54, 1.807) is 32.0 Å². The molecule has 92 valence electrons. The van der Waals surface area contributed by atoms with E-state index in [0.29, 0.717) is 17.0 Å². The summed E-state index contributed by atoms with van der Waals surface area (Å²) in [6, 6.07) is 4.62. The van der Waals surface area contributed by atoms with Crippen LogP contribution in [-0.4, -0.2) is 17.7 Å². The van der Waals surface area contributed by atoms with Gasteiger partial charge in [0.1, 0.15) is 0 Å². The van der Waals surface area contributed by atoms with Crippen LogP contribution >= 0.6 is 34.2 Å². The molecule has 1 unspecified atom stereocenters. The fourth-order valence-electron chi connectivity index (χ4n) is 1.33. The molecule has 0 aliphatic heterocycles. The molecule has 0 bridgehead atoms. The number of hydrogen-bond donors (Lipinski definition) is 1. The smallest absolute Gasteiger partial charge is 0.252 e. The van der Waals surface area contributed by atoms with Crippen LogP contribution in [0.25, 0.3) is 0 Å². The first-order chi connectivity index (χ1) is 7.95. The van der Waals surface area contributed by atoms with E-state index < -0.39 is 6.04 Å². The number of amides is 1. The number of halogens is 2. The molecule has 1 amide bonds. The van der Waals surface area contributed by atoms with E-state index in [9.17, 15) is 9.59 Å². The summed E-state index contributed by atoms with van der Waals surface area (Å²) in [4.78, 5) is 23.3. The molecule has 1 atom stereocenters. The van der Waals surface area contributed by atoms with Gasteiger partial charge < -0.3 is 5.32 Å². The maximum absolute atomic E-state index is 11.9. The van der Waals surface area contributed by atoms with E-state index in [2.05, 4.69) is 27.9 Å². The maximum atomic E-state index is 11.9. The van der Waals surface area contributed by atoms with Crippen molar-refractivity contribution in [2.45, 2.75) is 26.3 Å². The molecule has 0 spiro atoms. The minimum atomic E-state index is -0.470. The Morgan fingerprint density at radius 1 is 1.47 bits per heavy atom. The maximum Gasteiger partial charge on any atom is 0.252 e. The Labute approximate surface area is 119 Å². The van der Waals surface area contributed by atoms with Crippen molar-refractivity contribution in [1.29, 1.82) is 0 Å². The van der Waals surface area contributed by atoms with Crippen LogP contribution in [0, 0.1) is 3.57 Å². The second-order valence-corrected chi connectivity index (χ2v) is 5.24. The average Bonchev–Trinajstić information content (AvgIpc) is 2.30. The van der Waals surface area contributed by atoms with Crippen LogP contribution in [0.4, 0.5) is 0 Å². The molecule has 0 heterocycles. The van der Waals surface area contributed by atoms with Gasteiger partial charge in [0, 0.05) is 15.0 Å². The first kappa shape index (κ1) is 14.4. The summed E-state index contributed by atoms with van der Waals surface area (Å²) in [6.45, 7) is 3.45. The Bertz CT molecular complexity index is 448. The van der Waals surface area contributed by atoms with Crippen molar-refractivity contribution in [2.75, 3.05) is 0 Å². The van der Waals surface area contributed by atoms with E-state index in [0.717, 1.165) is 3.57 Å². The van der Waals surface area contributed by atoms with Crippen LogP contribution in [0.3, 0.4) is 0 Å². The lowest BCUT2D eigenvalue weighted by molar-refractivity contribution is -0.120. The summed E-state index contributed by atoms with van der Waals surface area (Å²) >= 11 is 7.90. The highest BCUT2D eigenvalue weighted by Gasteiger charge is 2.16. The number of nitrogens with one attached hydrogen (secondary N) is 1. The fourth-order valence-corrected chi connectivity index (χ4v) is 2.09. The predicted molar refractivity (Wildman–Crippen MR) is 76.4 cm³/mol. The standard InChI is InChI=1S/C12H13ClINO2/c1-3-11(16)7(2)15-12(17)9-6-8(13)4-5-10(9)14/h4-7H,3H2,1-2H3,(H,15,17). The van der Waals surface area contributed by atoms with Gasteiger partial charge in [-0.1, -0.05) is 18.5 Å².